The number of esters is 1. The van der Waals surface area contributed by atoms with Crippen molar-refractivity contribution in [2.75, 3.05) is 28.4 Å². The van der Waals surface area contributed by atoms with Gasteiger partial charge in [-0.1, -0.05) is 43.3 Å². The van der Waals surface area contributed by atoms with Crippen LogP contribution in [0.3, 0.4) is 0 Å². The second kappa shape index (κ2) is 12.6. The topological polar surface area (TPSA) is 106 Å². The van der Waals surface area contributed by atoms with E-state index in [1.807, 2.05) is 37.3 Å². The average Bonchev–Trinajstić information content (AvgIpc) is 2.83. The lowest BCUT2D eigenvalue weighted by Gasteiger charge is -2.23. The van der Waals surface area contributed by atoms with Crippen molar-refractivity contribution in [1.82, 2.24) is 0 Å². The smallest absolute Gasteiger partial charge is 0.339 e. The predicted molar refractivity (Wildman–Crippen MR) is 121 cm³/mol. The molecule has 0 aliphatic rings. The first kappa shape index (κ1) is 25.8. The van der Waals surface area contributed by atoms with E-state index < -0.39 is 23.1 Å². The van der Waals surface area contributed by atoms with Gasteiger partial charge in [0, 0.05) is 18.6 Å². The Labute approximate surface area is 193 Å². The van der Waals surface area contributed by atoms with Crippen LogP contribution in [0, 0.1) is 16.0 Å². The molecule has 0 saturated heterocycles. The van der Waals surface area contributed by atoms with Crippen LogP contribution in [0.2, 0.25) is 0 Å². The van der Waals surface area contributed by atoms with E-state index in [0.29, 0.717) is 11.3 Å². The molecule has 9 nitrogen and oxygen atoms in total. The molecule has 0 aromatic heterocycles. The molecular formula is C24H29NO8. The first-order chi connectivity index (χ1) is 15.9. The van der Waals surface area contributed by atoms with Crippen LogP contribution >= 0.6 is 0 Å². The zero-order valence-corrected chi connectivity index (χ0v) is 19.3. The number of benzene rings is 2. The molecule has 0 aliphatic carbocycles. The summed E-state index contributed by atoms with van der Waals surface area (Å²) in [5, 5.41) is 11.5. The van der Waals surface area contributed by atoms with Crippen molar-refractivity contribution >= 4 is 11.7 Å². The quantitative estimate of drug-likeness (QED) is 0.201. The summed E-state index contributed by atoms with van der Waals surface area (Å²) in [5.41, 5.74) is 1.13. The molecule has 178 valence electrons. The lowest BCUT2D eigenvalue weighted by molar-refractivity contribution is -0.385. The molecule has 0 fully saturated rings. The number of carbonyl (C=O) groups excluding carboxylic acids is 1. The SMILES string of the molecule is COC(=O)[C@@H](/C=C/[C@H](C)[C@H](OC)c1cc(OC)cc([N+](=O)[O-])c1OC)OCc1ccccc1. The molecule has 0 saturated carbocycles. The molecule has 2 rings (SSSR count). The highest BCUT2D eigenvalue weighted by molar-refractivity contribution is 5.76. The summed E-state index contributed by atoms with van der Waals surface area (Å²) in [6.45, 7) is 2.07. The van der Waals surface area contributed by atoms with Gasteiger partial charge in [-0.25, -0.2) is 4.79 Å². The molecule has 2 aromatic rings. The van der Waals surface area contributed by atoms with Gasteiger partial charge in [0.2, 0.25) is 5.75 Å². The number of nitrogens with zero attached hydrogens (tertiary/aromatic N) is 1. The number of nitro groups is 1. The maximum Gasteiger partial charge on any atom is 0.339 e. The molecule has 0 amide bonds. The molecule has 0 unspecified atom stereocenters. The van der Waals surface area contributed by atoms with Gasteiger partial charge in [0.1, 0.15) is 5.75 Å². The zero-order chi connectivity index (χ0) is 24.4. The zero-order valence-electron chi connectivity index (χ0n) is 19.3. The summed E-state index contributed by atoms with van der Waals surface area (Å²) in [5.74, 6) is -0.479. The van der Waals surface area contributed by atoms with Crippen LogP contribution < -0.4 is 9.47 Å². The van der Waals surface area contributed by atoms with Gasteiger partial charge in [-0.3, -0.25) is 10.1 Å². The fourth-order valence-electron chi connectivity index (χ4n) is 3.38. The Morgan fingerprint density at radius 2 is 1.76 bits per heavy atom. The van der Waals surface area contributed by atoms with Crippen LogP contribution in [0.1, 0.15) is 24.2 Å². The van der Waals surface area contributed by atoms with E-state index in [2.05, 4.69) is 0 Å². The summed E-state index contributed by atoms with van der Waals surface area (Å²) in [6, 6.07) is 12.4. The maximum atomic E-state index is 12.2. The first-order valence-electron chi connectivity index (χ1n) is 10.2. The maximum absolute atomic E-state index is 12.2. The Morgan fingerprint density at radius 1 is 1.06 bits per heavy atom. The lowest BCUT2D eigenvalue weighted by Crippen LogP contribution is -2.24. The van der Waals surface area contributed by atoms with Crippen LogP contribution in [0.5, 0.6) is 11.5 Å². The molecule has 0 radical (unpaired) electrons. The van der Waals surface area contributed by atoms with Gasteiger partial charge in [0.15, 0.2) is 6.10 Å². The monoisotopic (exact) mass is 459 g/mol. The Bertz CT molecular complexity index is 960. The van der Waals surface area contributed by atoms with E-state index in [-0.39, 0.29) is 24.0 Å². The number of nitro benzene ring substituents is 1. The van der Waals surface area contributed by atoms with E-state index in [1.54, 1.807) is 18.2 Å². The van der Waals surface area contributed by atoms with Gasteiger partial charge in [0.05, 0.1) is 45.0 Å². The van der Waals surface area contributed by atoms with Crippen LogP contribution in [-0.4, -0.2) is 45.4 Å². The molecule has 2 aromatic carbocycles. The standard InChI is InChI=1S/C24H29NO8/c1-16(11-12-21(24(26)32-5)33-15-17-9-7-6-8-10-17)22(30-3)19-13-18(29-2)14-20(25(27)28)23(19)31-4/h6-14,16,21-22H,15H2,1-5H3/b12-11+/t16-,21+,22-/m0/s1. The molecule has 0 bridgehead atoms. The summed E-state index contributed by atoms with van der Waals surface area (Å²) in [6.07, 6.45) is 1.77. The van der Waals surface area contributed by atoms with Crippen LogP contribution in [0.4, 0.5) is 5.69 Å². The minimum absolute atomic E-state index is 0.0812. The lowest BCUT2D eigenvalue weighted by atomic mass is 9.94. The van der Waals surface area contributed by atoms with E-state index in [9.17, 15) is 14.9 Å². The third-order valence-electron chi connectivity index (χ3n) is 5.04. The molecule has 9 heteroatoms. The van der Waals surface area contributed by atoms with Crippen molar-refractivity contribution in [3.63, 3.8) is 0 Å². The predicted octanol–water partition coefficient (Wildman–Crippen LogP) is 4.25. The van der Waals surface area contributed by atoms with E-state index in [1.165, 1.54) is 34.5 Å². The fourth-order valence-corrected chi connectivity index (χ4v) is 3.38. The van der Waals surface area contributed by atoms with Gasteiger partial charge in [-0.15, -0.1) is 0 Å². The molecule has 0 N–H and O–H groups in total. The van der Waals surface area contributed by atoms with Crippen LogP contribution in [0.15, 0.2) is 54.6 Å². The summed E-state index contributed by atoms with van der Waals surface area (Å²) in [4.78, 5) is 23.2. The van der Waals surface area contributed by atoms with Gasteiger partial charge >= 0.3 is 11.7 Å². The van der Waals surface area contributed by atoms with Crippen LogP contribution in [-0.2, 0) is 25.6 Å². The Morgan fingerprint density at radius 3 is 2.30 bits per heavy atom. The van der Waals surface area contributed by atoms with E-state index in [4.69, 9.17) is 23.7 Å². The van der Waals surface area contributed by atoms with Crippen molar-refractivity contribution in [2.24, 2.45) is 5.92 Å². The van der Waals surface area contributed by atoms with Gasteiger partial charge in [-0.05, 0) is 17.7 Å². The third-order valence-corrected chi connectivity index (χ3v) is 5.04. The third kappa shape index (κ3) is 6.77. The molecule has 33 heavy (non-hydrogen) atoms. The van der Waals surface area contributed by atoms with Crippen molar-refractivity contribution in [2.45, 2.75) is 25.7 Å². The number of hydrogen-bond acceptors (Lipinski definition) is 8. The Hall–Kier alpha value is -3.43. The minimum atomic E-state index is -0.934. The number of ether oxygens (including phenoxy) is 5. The highest BCUT2D eigenvalue weighted by Crippen LogP contribution is 2.42. The van der Waals surface area contributed by atoms with Crippen molar-refractivity contribution < 1.29 is 33.4 Å². The Balaban J connectivity index is 2.31. The molecule has 0 heterocycles. The molecular weight excluding hydrogens is 430 g/mol. The van der Waals surface area contributed by atoms with Gasteiger partial charge in [0.25, 0.3) is 0 Å². The first-order valence-corrected chi connectivity index (χ1v) is 10.2. The summed E-state index contributed by atoms with van der Waals surface area (Å²) in [7, 11) is 5.56. The summed E-state index contributed by atoms with van der Waals surface area (Å²) >= 11 is 0. The van der Waals surface area contributed by atoms with Crippen molar-refractivity contribution in [3.05, 3.63) is 75.9 Å². The van der Waals surface area contributed by atoms with Crippen molar-refractivity contribution in [1.29, 1.82) is 0 Å². The normalized spacial score (nSPS) is 13.8. The molecule has 3 atom stereocenters. The second-order valence-electron chi connectivity index (χ2n) is 7.17. The molecule has 0 aliphatic heterocycles. The Kier molecular flexibility index (Phi) is 9.84. The van der Waals surface area contributed by atoms with Crippen LogP contribution in [0.25, 0.3) is 0 Å². The number of rotatable bonds is 12. The highest BCUT2D eigenvalue weighted by atomic mass is 16.6. The number of carbonyl (C=O) groups is 1. The van der Waals surface area contributed by atoms with Gasteiger partial charge in [-0.2, -0.15) is 0 Å². The van der Waals surface area contributed by atoms with E-state index in [0.717, 1.165) is 5.56 Å². The minimum Gasteiger partial charge on any atom is -0.496 e. The van der Waals surface area contributed by atoms with E-state index >= 15 is 0 Å². The van der Waals surface area contributed by atoms with Crippen molar-refractivity contribution in [3.8, 4) is 11.5 Å². The van der Waals surface area contributed by atoms with Gasteiger partial charge < -0.3 is 23.7 Å². The largest absolute Gasteiger partial charge is 0.496 e. The number of hydrogen-bond donors (Lipinski definition) is 0. The summed E-state index contributed by atoms with van der Waals surface area (Å²) < 4.78 is 26.8. The fraction of sp³-hybridized carbons (Fsp3) is 0.375. The second-order valence-corrected chi connectivity index (χ2v) is 7.17. The number of methoxy groups -OCH3 is 4. The average molecular weight is 459 g/mol. The molecule has 0 spiro atoms. The highest BCUT2D eigenvalue weighted by Gasteiger charge is 2.29.